The summed E-state index contributed by atoms with van der Waals surface area (Å²) < 4.78 is 15.7. The molecule has 1 N–H and O–H groups in total. The first kappa shape index (κ1) is 12.3. The van der Waals surface area contributed by atoms with Crippen molar-refractivity contribution in [1.82, 2.24) is 0 Å². The van der Waals surface area contributed by atoms with Crippen LogP contribution < -0.4 is 0 Å². The molecule has 1 aliphatic carbocycles. The van der Waals surface area contributed by atoms with Crippen molar-refractivity contribution in [2.45, 2.75) is 44.4 Å². The average Bonchev–Trinajstić information content (AvgIpc) is 2.29. The Labute approximate surface area is 90.5 Å². The van der Waals surface area contributed by atoms with Crippen molar-refractivity contribution >= 4 is 14.4 Å². The normalized spacial score (nSPS) is 20.5. The minimum atomic E-state index is -1.89. The lowest BCUT2D eigenvalue weighted by Crippen LogP contribution is -2.33. The number of aliphatic hydroxyl groups is 1. The van der Waals surface area contributed by atoms with Gasteiger partial charge >= 0.3 is 5.97 Å². The molecule has 1 atom stereocenters. The number of esters is 1. The molecule has 0 heterocycles. The van der Waals surface area contributed by atoms with Crippen molar-refractivity contribution in [3.8, 4) is 0 Å². The molecule has 15 heavy (non-hydrogen) atoms. The van der Waals surface area contributed by atoms with Gasteiger partial charge in [0.05, 0.1) is 0 Å². The van der Waals surface area contributed by atoms with E-state index in [1.54, 1.807) is 6.92 Å². The number of rotatable bonds is 4. The van der Waals surface area contributed by atoms with Gasteiger partial charge in [-0.25, -0.2) is 4.79 Å². The molecular weight excluding hydrogens is 215 g/mol. The Balaban J connectivity index is 2.61. The summed E-state index contributed by atoms with van der Waals surface area (Å²) in [5.74, 6) is -0.239. The van der Waals surface area contributed by atoms with Gasteiger partial charge in [-0.1, -0.05) is 6.92 Å². The summed E-state index contributed by atoms with van der Waals surface area (Å²) in [5, 5.41) is 7.71. The molecule has 0 amide bonds. The predicted octanol–water partition coefficient (Wildman–Crippen LogP) is 2.38. The minimum Gasteiger partial charge on any atom is -0.429 e. The Kier molecular flexibility index (Phi) is 4.43. The molecule has 0 aromatic carbocycles. The van der Waals surface area contributed by atoms with Gasteiger partial charge in [0.1, 0.15) is 5.76 Å². The topological polar surface area (TPSA) is 63.6 Å². The molecule has 0 spiro atoms. The van der Waals surface area contributed by atoms with Crippen LogP contribution in [0.1, 0.15) is 39.0 Å². The Morgan fingerprint density at radius 3 is 2.87 bits per heavy atom. The zero-order valence-electron chi connectivity index (χ0n) is 8.73. The second-order valence-corrected chi connectivity index (χ2v) is 4.49. The van der Waals surface area contributed by atoms with E-state index in [1.807, 2.05) is 6.08 Å². The van der Waals surface area contributed by atoms with E-state index in [9.17, 15) is 14.5 Å². The second kappa shape index (κ2) is 5.38. The van der Waals surface area contributed by atoms with Gasteiger partial charge in [-0.2, -0.15) is 0 Å². The summed E-state index contributed by atoms with van der Waals surface area (Å²) in [6.07, 6.45) is 5.60. The van der Waals surface area contributed by atoms with Crippen LogP contribution in [0.4, 0.5) is 0 Å². The molecule has 1 unspecified atom stereocenters. The van der Waals surface area contributed by atoms with Crippen molar-refractivity contribution in [2.24, 2.45) is 0 Å². The molecule has 1 aliphatic rings. The maximum atomic E-state index is 11.5. The fourth-order valence-electron chi connectivity index (χ4n) is 1.35. The second-order valence-electron chi connectivity index (χ2n) is 3.57. The highest BCUT2D eigenvalue weighted by Crippen LogP contribution is 2.28. The van der Waals surface area contributed by atoms with Crippen molar-refractivity contribution < 1.29 is 19.2 Å². The molecule has 1 rings (SSSR count). The van der Waals surface area contributed by atoms with E-state index in [-0.39, 0.29) is 6.42 Å². The van der Waals surface area contributed by atoms with E-state index < -0.39 is 19.8 Å². The van der Waals surface area contributed by atoms with E-state index in [0.29, 0.717) is 12.2 Å². The molecule has 4 nitrogen and oxygen atoms in total. The highest BCUT2D eigenvalue weighted by Gasteiger charge is 2.37. The van der Waals surface area contributed by atoms with Gasteiger partial charge in [-0.3, -0.25) is 4.57 Å². The maximum absolute atomic E-state index is 11.5. The highest BCUT2D eigenvalue weighted by atomic mass is 31.1. The van der Waals surface area contributed by atoms with E-state index in [1.165, 1.54) is 0 Å². The van der Waals surface area contributed by atoms with E-state index in [2.05, 4.69) is 0 Å². The zero-order valence-corrected chi connectivity index (χ0v) is 9.63. The summed E-state index contributed by atoms with van der Waals surface area (Å²) in [6, 6.07) is 0. The molecule has 0 aliphatic heterocycles. The molecule has 0 saturated heterocycles. The van der Waals surface area contributed by atoms with Gasteiger partial charge in [0.2, 0.25) is 13.8 Å². The van der Waals surface area contributed by atoms with E-state index in [0.717, 1.165) is 19.3 Å². The summed E-state index contributed by atoms with van der Waals surface area (Å²) in [5.41, 5.74) is 0. The van der Waals surface area contributed by atoms with Crippen molar-refractivity contribution in [1.29, 1.82) is 0 Å². The number of hydrogen-bond donors (Lipinski definition) is 1. The highest BCUT2D eigenvalue weighted by molar-refractivity contribution is 7.27. The lowest BCUT2D eigenvalue weighted by molar-refractivity contribution is -0.153. The van der Waals surface area contributed by atoms with Crippen LogP contribution in [0, 0.1) is 0 Å². The van der Waals surface area contributed by atoms with Crippen LogP contribution in [-0.4, -0.2) is 16.4 Å². The van der Waals surface area contributed by atoms with Crippen molar-refractivity contribution in [3.05, 3.63) is 11.8 Å². The molecule has 84 valence electrons. The largest absolute Gasteiger partial charge is 0.429 e. The predicted molar refractivity (Wildman–Crippen MR) is 55.5 cm³/mol. The number of hydrogen-bond acceptors (Lipinski definition) is 4. The Morgan fingerprint density at radius 1 is 1.67 bits per heavy atom. The van der Waals surface area contributed by atoms with Gasteiger partial charge in [0.25, 0.3) is 0 Å². The maximum Gasteiger partial charge on any atom is 0.355 e. The third-order valence-corrected chi connectivity index (χ3v) is 3.24. The monoisotopic (exact) mass is 230 g/mol. The number of carbonyl (C=O) groups excluding carboxylic acids is 1. The first-order valence-electron chi connectivity index (χ1n) is 5.10. The lowest BCUT2D eigenvalue weighted by Gasteiger charge is -2.19. The molecule has 5 heteroatoms. The van der Waals surface area contributed by atoms with E-state index >= 15 is 0 Å². The first-order valence-corrected chi connectivity index (χ1v) is 5.92. The quantitative estimate of drug-likeness (QED) is 0.594. The van der Waals surface area contributed by atoms with Gasteiger partial charge in [-0.15, -0.1) is 0 Å². The van der Waals surface area contributed by atoms with Crippen LogP contribution in [0.2, 0.25) is 0 Å². The molecule has 0 saturated carbocycles. The standard InChI is InChI=1S/C10H15O4P/c1-2-10(12,15-13)9(11)14-8-6-4-3-5-7-8/h6,12H,2-5,7H2,1H3. The average molecular weight is 230 g/mol. The molecular formula is C10H15O4P. The summed E-state index contributed by atoms with van der Waals surface area (Å²) >= 11 is 0. The number of ether oxygens (including phenoxy) is 1. The Morgan fingerprint density at radius 2 is 2.40 bits per heavy atom. The van der Waals surface area contributed by atoms with Crippen LogP contribution in [0.3, 0.4) is 0 Å². The lowest BCUT2D eigenvalue weighted by atomic mass is 10.1. The van der Waals surface area contributed by atoms with Crippen LogP contribution >= 0.6 is 8.46 Å². The van der Waals surface area contributed by atoms with Gasteiger partial charge in [0.15, 0.2) is 0 Å². The van der Waals surface area contributed by atoms with Gasteiger partial charge < -0.3 is 9.84 Å². The molecule has 0 aromatic heterocycles. The van der Waals surface area contributed by atoms with Crippen molar-refractivity contribution in [3.63, 3.8) is 0 Å². The van der Waals surface area contributed by atoms with Crippen molar-refractivity contribution in [2.75, 3.05) is 0 Å². The first-order chi connectivity index (χ1) is 7.12. The molecule has 0 radical (unpaired) electrons. The fraction of sp³-hybridized carbons (Fsp3) is 0.700. The van der Waals surface area contributed by atoms with Crippen LogP contribution in [-0.2, 0) is 14.1 Å². The fourth-order valence-corrected chi connectivity index (χ4v) is 1.60. The van der Waals surface area contributed by atoms with Gasteiger partial charge in [0, 0.05) is 6.42 Å². The summed E-state index contributed by atoms with van der Waals surface area (Å²) in [4.78, 5) is 11.5. The van der Waals surface area contributed by atoms with Crippen LogP contribution in [0.25, 0.3) is 0 Å². The SMILES string of the molecule is CCC(O)(P=O)C(=O)OC1=CCCCC1. The Bertz CT molecular complexity index is 287. The van der Waals surface area contributed by atoms with Gasteiger partial charge in [-0.05, 0) is 31.8 Å². The Hall–Kier alpha value is -0.730. The molecule has 0 aromatic rings. The number of allylic oxidation sites excluding steroid dienone is 2. The molecule has 0 bridgehead atoms. The smallest absolute Gasteiger partial charge is 0.355 e. The van der Waals surface area contributed by atoms with E-state index in [4.69, 9.17) is 4.74 Å². The van der Waals surface area contributed by atoms with Crippen LogP contribution in [0.15, 0.2) is 11.8 Å². The third kappa shape index (κ3) is 3.11. The summed E-state index contributed by atoms with van der Waals surface area (Å²) in [7, 11) is -0.610. The number of carbonyl (C=O) groups is 1. The minimum absolute atomic E-state index is 0.0736. The zero-order chi connectivity index (χ0) is 11.3. The van der Waals surface area contributed by atoms with Crippen LogP contribution in [0.5, 0.6) is 0 Å². The third-order valence-electron chi connectivity index (χ3n) is 2.44. The molecule has 0 fully saturated rings. The summed E-state index contributed by atoms with van der Waals surface area (Å²) in [6.45, 7) is 1.58.